The summed E-state index contributed by atoms with van der Waals surface area (Å²) in [5.41, 5.74) is 6.18. The van der Waals surface area contributed by atoms with E-state index in [2.05, 4.69) is 156 Å². The summed E-state index contributed by atoms with van der Waals surface area (Å²) in [6.07, 6.45) is 2.07. The van der Waals surface area contributed by atoms with Crippen molar-refractivity contribution < 1.29 is 0 Å². The van der Waals surface area contributed by atoms with E-state index in [0.717, 1.165) is 12.8 Å². The monoisotopic (exact) mass is 652 g/mol. The maximum absolute atomic E-state index is 2.62. The molecule has 0 unspecified atom stereocenters. The molecule has 0 saturated carbocycles. The van der Waals surface area contributed by atoms with Crippen LogP contribution in [0.2, 0.25) is 0 Å². The predicted molar refractivity (Wildman–Crippen MR) is 224 cm³/mol. The number of rotatable bonds is 2. The third kappa shape index (κ3) is 4.36. The Bertz CT molecular complexity index is 2600. The molecule has 9 aromatic carbocycles. The van der Waals surface area contributed by atoms with Crippen molar-refractivity contribution in [1.29, 1.82) is 0 Å². The van der Waals surface area contributed by atoms with Gasteiger partial charge in [0.15, 0.2) is 0 Å². The first-order valence-electron chi connectivity index (χ1n) is 18.9. The van der Waals surface area contributed by atoms with Crippen molar-refractivity contribution >= 4 is 86.2 Å². The number of hydrogen-bond acceptors (Lipinski definition) is 0. The molecule has 0 nitrogen and oxygen atoms in total. The van der Waals surface area contributed by atoms with Gasteiger partial charge in [0.05, 0.1) is 0 Å². The van der Waals surface area contributed by atoms with E-state index in [-0.39, 0.29) is 21.7 Å². The summed E-state index contributed by atoms with van der Waals surface area (Å²) >= 11 is 0. The quantitative estimate of drug-likeness (QED) is 0.129. The first-order valence-corrected chi connectivity index (χ1v) is 18.9. The zero-order valence-corrected chi connectivity index (χ0v) is 32.3. The fourth-order valence-electron chi connectivity index (χ4n) is 9.84. The van der Waals surface area contributed by atoms with Gasteiger partial charge in [-0.05, 0) is 167 Å². The molecule has 0 bridgehead atoms. The van der Waals surface area contributed by atoms with E-state index in [4.69, 9.17) is 0 Å². The Morgan fingerprint density at radius 1 is 0.320 bits per heavy atom. The Hall–Kier alpha value is -4.16. The van der Waals surface area contributed by atoms with Gasteiger partial charge in [-0.25, -0.2) is 0 Å². The Labute approximate surface area is 297 Å². The summed E-state index contributed by atoms with van der Waals surface area (Å²) in [4.78, 5) is 0. The largest absolute Gasteiger partial charge is 0.0616 e. The third-order valence-corrected chi connectivity index (χ3v) is 11.5. The van der Waals surface area contributed by atoms with Crippen LogP contribution in [0.1, 0.15) is 105 Å². The second-order valence-corrected chi connectivity index (χ2v) is 20.2. The molecular formula is C50H52. The number of fused-ring (bicyclic) bond motifs is 6. The molecule has 0 heteroatoms. The second kappa shape index (κ2) is 9.79. The molecule has 0 aliphatic carbocycles. The minimum atomic E-state index is -0.0250. The molecule has 252 valence electrons. The van der Waals surface area contributed by atoms with Crippen molar-refractivity contribution in [3.8, 4) is 0 Å². The zero-order valence-electron chi connectivity index (χ0n) is 32.3. The van der Waals surface area contributed by atoms with E-state index in [1.807, 2.05) is 0 Å². The van der Waals surface area contributed by atoms with Gasteiger partial charge in [0, 0.05) is 0 Å². The maximum Gasteiger partial charge on any atom is -0.000709 e. The smallest absolute Gasteiger partial charge is 0.000709 e. The highest BCUT2D eigenvalue weighted by atomic mass is 14.4. The lowest BCUT2D eigenvalue weighted by molar-refractivity contribution is 0.412. The maximum atomic E-state index is 2.62. The van der Waals surface area contributed by atoms with Crippen LogP contribution in [0.5, 0.6) is 0 Å². The molecule has 0 aliphatic heterocycles. The van der Waals surface area contributed by atoms with Crippen molar-refractivity contribution in [2.24, 2.45) is 10.8 Å². The Morgan fingerprint density at radius 2 is 0.600 bits per heavy atom. The molecule has 0 atom stereocenters. The summed E-state index contributed by atoms with van der Waals surface area (Å²) < 4.78 is 0. The van der Waals surface area contributed by atoms with Crippen LogP contribution in [0.25, 0.3) is 86.2 Å². The molecule has 9 rings (SSSR count). The second-order valence-electron chi connectivity index (χ2n) is 20.2. The molecule has 0 radical (unpaired) electrons. The normalized spacial score (nSPS) is 14.2. The molecule has 0 fully saturated rings. The van der Waals surface area contributed by atoms with Gasteiger partial charge in [-0.1, -0.05) is 132 Å². The van der Waals surface area contributed by atoms with Crippen LogP contribution in [0.15, 0.2) is 72.8 Å². The lowest BCUT2D eigenvalue weighted by Gasteiger charge is -2.33. The van der Waals surface area contributed by atoms with Gasteiger partial charge in [-0.3, -0.25) is 0 Å². The van der Waals surface area contributed by atoms with Crippen LogP contribution in [0, 0.1) is 10.8 Å². The first kappa shape index (κ1) is 31.8. The summed E-state index contributed by atoms with van der Waals surface area (Å²) in [6, 6.07) is 29.0. The van der Waals surface area contributed by atoms with E-state index in [9.17, 15) is 0 Å². The van der Waals surface area contributed by atoms with Gasteiger partial charge in [-0.2, -0.15) is 0 Å². The summed E-state index contributed by atoms with van der Waals surface area (Å²) in [5, 5.41) is 23.1. The number of benzene rings is 9. The van der Waals surface area contributed by atoms with Crippen molar-refractivity contribution in [2.75, 3.05) is 0 Å². The average molecular weight is 653 g/mol. The van der Waals surface area contributed by atoms with E-state index < -0.39 is 0 Å². The summed E-state index contributed by atoms with van der Waals surface area (Å²) in [7, 11) is 0. The Morgan fingerprint density at radius 3 is 0.860 bits per heavy atom. The lowest BCUT2D eigenvalue weighted by Crippen LogP contribution is -2.17. The summed E-state index contributed by atoms with van der Waals surface area (Å²) in [6.45, 7) is 28.9. The first-order chi connectivity index (χ1) is 23.3. The minimum Gasteiger partial charge on any atom is -0.0616 e. The summed E-state index contributed by atoms with van der Waals surface area (Å²) in [5.74, 6) is 0. The SMILES string of the molecule is CC(C)(C)Cc1cc2c3ccccc3c3cc(CC(C)(C)C)c4c(C(C)(C)C)cc5c6ccccc6c6cc(C(C)(C)C)c1c1c2c3c4c5c61. The topological polar surface area (TPSA) is 0 Å². The number of hydrogen-bond donors (Lipinski definition) is 0. The molecule has 50 heavy (non-hydrogen) atoms. The molecule has 0 heterocycles. The fourth-order valence-corrected chi connectivity index (χ4v) is 9.84. The van der Waals surface area contributed by atoms with Crippen molar-refractivity contribution in [3.63, 3.8) is 0 Å². The van der Waals surface area contributed by atoms with Crippen LogP contribution in [0.3, 0.4) is 0 Å². The molecule has 0 amide bonds. The highest BCUT2D eigenvalue weighted by Gasteiger charge is 2.33. The minimum absolute atomic E-state index is 0.0250. The van der Waals surface area contributed by atoms with Crippen LogP contribution in [0.4, 0.5) is 0 Å². The van der Waals surface area contributed by atoms with E-state index in [0.29, 0.717) is 0 Å². The zero-order chi connectivity index (χ0) is 35.4. The van der Waals surface area contributed by atoms with Gasteiger partial charge in [0.2, 0.25) is 0 Å². The molecule has 0 spiro atoms. The molecule has 0 N–H and O–H groups in total. The molecule has 0 aromatic heterocycles. The third-order valence-electron chi connectivity index (χ3n) is 11.5. The van der Waals surface area contributed by atoms with E-state index in [1.165, 1.54) is 108 Å². The standard InChI is InChI=1S/C50H52/c1-47(2,3)25-27-21-33-29-17-13-14-18-30(29)34-22-28(26-48(4,5)6)40-38(50(10,11)12)24-36-32-20-16-15-19-31(32)35-23-37(49(7,8)9)39(27)45-41(33)42(34)46(40)44(36)43(35)45/h13-24H,25-26H2,1-12H3. The van der Waals surface area contributed by atoms with Gasteiger partial charge < -0.3 is 0 Å². The fraction of sp³-hybridized carbons (Fsp3) is 0.360. The van der Waals surface area contributed by atoms with E-state index in [1.54, 1.807) is 0 Å². The van der Waals surface area contributed by atoms with Gasteiger partial charge in [-0.15, -0.1) is 0 Å². The van der Waals surface area contributed by atoms with E-state index >= 15 is 0 Å². The van der Waals surface area contributed by atoms with Crippen molar-refractivity contribution in [3.05, 3.63) is 95.1 Å². The molecule has 0 aliphatic rings. The Balaban J connectivity index is 1.74. The van der Waals surface area contributed by atoms with Crippen LogP contribution < -0.4 is 0 Å². The van der Waals surface area contributed by atoms with Crippen molar-refractivity contribution in [2.45, 2.75) is 107 Å². The molecular weight excluding hydrogens is 601 g/mol. The van der Waals surface area contributed by atoms with Crippen LogP contribution in [-0.2, 0) is 23.7 Å². The Kier molecular flexibility index (Phi) is 6.22. The van der Waals surface area contributed by atoms with Crippen LogP contribution >= 0.6 is 0 Å². The molecule has 0 saturated heterocycles. The average Bonchev–Trinajstić information content (AvgIpc) is 3.01. The van der Waals surface area contributed by atoms with Crippen molar-refractivity contribution in [1.82, 2.24) is 0 Å². The lowest BCUT2D eigenvalue weighted by atomic mass is 9.70. The van der Waals surface area contributed by atoms with Gasteiger partial charge >= 0.3 is 0 Å². The highest BCUT2D eigenvalue weighted by Crippen LogP contribution is 2.57. The van der Waals surface area contributed by atoms with Crippen LogP contribution in [-0.4, -0.2) is 0 Å². The predicted octanol–water partition coefficient (Wildman–Crippen LogP) is 15.0. The van der Waals surface area contributed by atoms with Gasteiger partial charge in [0.1, 0.15) is 0 Å². The van der Waals surface area contributed by atoms with Gasteiger partial charge in [0.25, 0.3) is 0 Å². The highest BCUT2D eigenvalue weighted by molar-refractivity contribution is 6.51. The molecule has 9 aromatic rings.